The lowest BCUT2D eigenvalue weighted by Gasteiger charge is -2.20. The number of hydrogen-bond donors (Lipinski definition) is 1. The lowest BCUT2D eigenvalue weighted by molar-refractivity contribution is -0.134. The lowest BCUT2D eigenvalue weighted by Crippen LogP contribution is -2.38. The third-order valence-corrected chi connectivity index (χ3v) is 5.18. The van der Waals surface area contributed by atoms with Crippen molar-refractivity contribution in [1.82, 2.24) is 14.7 Å². The SMILES string of the molecule is CCCCC(=O)N(CC)CC(=O)Nc1cc(-c2ccccc2)nn1-c1ccc(OC)cc1. The molecule has 0 aliphatic heterocycles. The van der Waals surface area contributed by atoms with Gasteiger partial charge in [-0.15, -0.1) is 0 Å². The van der Waals surface area contributed by atoms with E-state index in [4.69, 9.17) is 9.84 Å². The summed E-state index contributed by atoms with van der Waals surface area (Å²) in [4.78, 5) is 26.8. The maximum absolute atomic E-state index is 12.8. The van der Waals surface area contributed by atoms with Crippen molar-refractivity contribution in [3.8, 4) is 22.7 Å². The Morgan fingerprint density at radius 1 is 1.06 bits per heavy atom. The van der Waals surface area contributed by atoms with Crippen molar-refractivity contribution in [2.45, 2.75) is 33.1 Å². The van der Waals surface area contributed by atoms with Crippen LogP contribution in [0.3, 0.4) is 0 Å². The fourth-order valence-electron chi connectivity index (χ4n) is 3.36. The number of aromatic nitrogens is 2. The van der Waals surface area contributed by atoms with E-state index >= 15 is 0 Å². The zero-order valence-corrected chi connectivity index (χ0v) is 18.9. The fourth-order valence-corrected chi connectivity index (χ4v) is 3.36. The number of carbonyl (C=O) groups is 2. The van der Waals surface area contributed by atoms with Crippen LogP contribution >= 0.6 is 0 Å². The molecule has 0 saturated heterocycles. The van der Waals surface area contributed by atoms with E-state index in [1.54, 1.807) is 16.7 Å². The Labute approximate surface area is 189 Å². The van der Waals surface area contributed by atoms with Crippen LogP contribution in [0.2, 0.25) is 0 Å². The molecule has 1 N–H and O–H groups in total. The summed E-state index contributed by atoms with van der Waals surface area (Å²) in [7, 11) is 1.61. The van der Waals surface area contributed by atoms with E-state index in [9.17, 15) is 9.59 Å². The molecule has 3 rings (SSSR count). The highest BCUT2D eigenvalue weighted by molar-refractivity contribution is 5.94. The Hall–Kier alpha value is -3.61. The van der Waals surface area contributed by atoms with E-state index in [0.717, 1.165) is 35.5 Å². The van der Waals surface area contributed by atoms with Gasteiger partial charge in [-0.25, -0.2) is 4.68 Å². The van der Waals surface area contributed by atoms with Gasteiger partial charge in [-0.2, -0.15) is 5.10 Å². The third kappa shape index (κ3) is 5.75. The molecular formula is C25H30N4O3. The molecule has 0 aliphatic rings. The number of ether oxygens (including phenoxy) is 1. The first-order chi connectivity index (χ1) is 15.5. The number of carbonyl (C=O) groups excluding carboxylic acids is 2. The van der Waals surface area contributed by atoms with E-state index in [2.05, 4.69) is 5.32 Å². The van der Waals surface area contributed by atoms with Gasteiger partial charge in [0.05, 0.1) is 25.0 Å². The van der Waals surface area contributed by atoms with E-state index in [-0.39, 0.29) is 18.4 Å². The highest BCUT2D eigenvalue weighted by Gasteiger charge is 2.18. The first-order valence-electron chi connectivity index (χ1n) is 10.9. The van der Waals surface area contributed by atoms with Gasteiger partial charge in [0.25, 0.3) is 0 Å². The first-order valence-corrected chi connectivity index (χ1v) is 10.9. The van der Waals surface area contributed by atoms with Crippen LogP contribution in [-0.2, 0) is 9.59 Å². The van der Waals surface area contributed by atoms with Gasteiger partial charge in [0.1, 0.15) is 11.6 Å². The number of nitrogens with one attached hydrogen (secondary N) is 1. The molecule has 1 heterocycles. The monoisotopic (exact) mass is 434 g/mol. The summed E-state index contributed by atoms with van der Waals surface area (Å²) in [5, 5.41) is 7.65. The van der Waals surface area contributed by atoms with E-state index in [1.165, 1.54) is 0 Å². The number of hydrogen-bond acceptors (Lipinski definition) is 4. The summed E-state index contributed by atoms with van der Waals surface area (Å²) in [5.41, 5.74) is 2.47. The molecule has 1 aromatic heterocycles. The molecule has 3 aromatic rings. The molecule has 32 heavy (non-hydrogen) atoms. The zero-order chi connectivity index (χ0) is 22.9. The number of likely N-dealkylation sites (N-methyl/N-ethyl adjacent to an activating group) is 1. The number of methoxy groups -OCH3 is 1. The molecule has 0 bridgehead atoms. The number of unbranched alkanes of at least 4 members (excludes halogenated alkanes) is 1. The molecule has 0 saturated carbocycles. The van der Waals surface area contributed by atoms with Gasteiger partial charge in [0, 0.05) is 24.6 Å². The van der Waals surface area contributed by atoms with Crippen molar-refractivity contribution in [1.29, 1.82) is 0 Å². The molecule has 168 valence electrons. The van der Waals surface area contributed by atoms with Crippen LogP contribution in [0.1, 0.15) is 33.1 Å². The van der Waals surface area contributed by atoms with Crippen LogP contribution in [0.15, 0.2) is 60.7 Å². The normalized spacial score (nSPS) is 10.6. The van der Waals surface area contributed by atoms with E-state index in [0.29, 0.717) is 18.8 Å². The number of nitrogens with zero attached hydrogens (tertiary/aromatic N) is 3. The van der Waals surface area contributed by atoms with Crippen LogP contribution in [-0.4, -0.2) is 46.7 Å². The van der Waals surface area contributed by atoms with Crippen LogP contribution < -0.4 is 10.1 Å². The molecule has 0 fully saturated rings. The maximum Gasteiger partial charge on any atom is 0.245 e. The van der Waals surface area contributed by atoms with Gasteiger partial charge < -0.3 is 15.0 Å². The quantitative estimate of drug-likeness (QED) is 0.509. The Kier molecular flexibility index (Phi) is 8.02. The number of benzene rings is 2. The van der Waals surface area contributed by atoms with Gasteiger partial charge in [-0.1, -0.05) is 43.7 Å². The standard InChI is InChI=1S/C25H30N4O3/c1-4-6-12-25(31)28(5-2)18-24(30)26-23-17-22(19-10-8-7-9-11-19)27-29(23)20-13-15-21(32-3)16-14-20/h7-11,13-17H,4-6,12,18H2,1-3H3,(H,26,30). The molecule has 0 atom stereocenters. The largest absolute Gasteiger partial charge is 0.497 e. The highest BCUT2D eigenvalue weighted by Crippen LogP contribution is 2.25. The van der Waals surface area contributed by atoms with Gasteiger partial charge in [0.15, 0.2) is 0 Å². The predicted octanol–water partition coefficient (Wildman–Crippen LogP) is 4.53. The maximum atomic E-state index is 12.8. The van der Waals surface area contributed by atoms with Gasteiger partial charge in [0.2, 0.25) is 11.8 Å². The third-order valence-electron chi connectivity index (χ3n) is 5.18. The average Bonchev–Trinajstić information content (AvgIpc) is 3.25. The summed E-state index contributed by atoms with van der Waals surface area (Å²) in [6, 6.07) is 19.1. The molecule has 0 aliphatic carbocycles. The van der Waals surface area contributed by atoms with Crippen LogP contribution in [0.25, 0.3) is 16.9 Å². The Balaban J connectivity index is 1.85. The Bertz CT molecular complexity index is 1030. The van der Waals surface area contributed by atoms with Gasteiger partial charge in [-0.3, -0.25) is 9.59 Å². The number of amides is 2. The molecule has 0 unspecified atom stereocenters. The van der Waals surface area contributed by atoms with Crippen molar-refractivity contribution < 1.29 is 14.3 Å². The molecule has 7 heteroatoms. The second-order valence-corrected chi connectivity index (χ2v) is 7.45. The van der Waals surface area contributed by atoms with Crippen molar-refractivity contribution >= 4 is 17.6 Å². The molecule has 7 nitrogen and oxygen atoms in total. The van der Waals surface area contributed by atoms with Crippen LogP contribution in [0, 0.1) is 0 Å². The molecule has 0 radical (unpaired) electrons. The fraction of sp³-hybridized carbons (Fsp3) is 0.320. The highest BCUT2D eigenvalue weighted by atomic mass is 16.5. The van der Waals surface area contributed by atoms with Crippen molar-refractivity contribution in [3.63, 3.8) is 0 Å². The lowest BCUT2D eigenvalue weighted by atomic mass is 10.1. The minimum absolute atomic E-state index is 0.00173. The number of rotatable bonds is 10. The second kappa shape index (κ2) is 11.1. The van der Waals surface area contributed by atoms with Crippen molar-refractivity contribution in [2.75, 3.05) is 25.5 Å². The summed E-state index contributed by atoms with van der Waals surface area (Å²) >= 11 is 0. The summed E-state index contributed by atoms with van der Waals surface area (Å²) in [6.07, 6.45) is 2.22. The topological polar surface area (TPSA) is 76.5 Å². The zero-order valence-electron chi connectivity index (χ0n) is 18.9. The molecule has 2 aromatic carbocycles. The van der Waals surface area contributed by atoms with Gasteiger partial charge >= 0.3 is 0 Å². The van der Waals surface area contributed by atoms with Crippen LogP contribution in [0.4, 0.5) is 5.82 Å². The van der Waals surface area contributed by atoms with E-state index < -0.39 is 0 Å². The Morgan fingerprint density at radius 2 is 1.78 bits per heavy atom. The van der Waals surface area contributed by atoms with Crippen molar-refractivity contribution in [2.24, 2.45) is 0 Å². The minimum atomic E-state index is -0.258. The molecular weight excluding hydrogens is 404 g/mol. The first kappa shape index (κ1) is 23.1. The molecule has 0 spiro atoms. The summed E-state index contributed by atoms with van der Waals surface area (Å²) in [6.45, 7) is 4.42. The van der Waals surface area contributed by atoms with E-state index in [1.807, 2.05) is 74.5 Å². The second-order valence-electron chi connectivity index (χ2n) is 7.45. The van der Waals surface area contributed by atoms with Crippen LogP contribution in [0.5, 0.6) is 5.75 Å². The minimum Gasteiger partial charge on any atom is -0.497 e. The summed E-state index contributed by atoms with van der Waals surface area (Å²) in [5.74, 6) is 1.01. The summed E-state index contributed by atoms with van der Waals surface area (Å²) < 4.78 is 6.93. The predicted molar refractivity (Wildman–Crippen MR) is 126 cm³/mol. The number of anilines is 1. The van der Waals surface area contributed by atoms with Gasteiger partial charge in [-0.05, 0) is 37.6 Å². The average molecular weight is 435 g/mol. The smallest absolute Gasteiger partial charge is 0.245 e. The van der Waals surface area contributed by atoms with Crippen molar-refractivity contribution in [3.05, 3.63) is 60.7 Å². The Morgan fingerprint density at radius 3 is 2.41 bits per heavy atom. The molecule has 2 amide bonds.